The second kappa shape index (κ2) is 10.1. The first kappa shape index (κ1) is 21.7. The third-order valence-corrected chi connectivity index (χ3v) is 3.84. The average molecular weight is 401 g/mol. The molecular weight excluding hydrogens is 378 g/mol. The van der Waals surface area contributed by atoms with Gasteiger partial charge in [-0.25, -0.2) is 9.59 Å². The smallest absolute Gasteiger partial charge is 0.337 e. The summed E-state index contributed by atoms with van der Waals surface area (Å²) in [6, 6.07) is 8.96. The van der Waals surface area contributed by atoms with Crippen LogP contribution < -0.4 is 14.8 Å². The highest BCUT2D eigenvalue weighted by Gasteiger charge is 2.16. The van der Waals surface area contributed by atoms with Gasteiger partial charge in [-0.3, -0.25) is 4.79 Å². The molecule has 0 aliphatic rings. The Morgan fingerprint density at radius 2 is 1.31 bits per heavy atom. The van der Waals surface area contributed by atoms with E-state index in [1.54, 1.807) is 18.2 Å². The quantitative estimate of drug-likeness (QED) is 0.677. The highest BCUT2D eigenvalue weighted by atomic mass is 16.5. The first-order chi connectivity index (χ1) is 13.9. The van der Waals surface area contributed by atoms with E-state index in [2.05, 4.69) is 5.32 Å². The highest BCUT2D eigenvalue weighted by Crippen LogP contribution is 2.29. The zero-order valence-electron chi connectivity index (χ0n) is 16.7. The van der Waals surface area contributed by atoms with Crippen molar-refractivity contribution in [1.29, 1.82) is 0 Å². The third-order valence-electron chi connectivity index (χ3n) is 3.84. The van der Waals surface area contributed by atoms with Gasteiger partial charge >= 0.3 is 11.9 Å². The van der Waals surface area contributed by atoms with E-state index in [1.807, 2.05) is 13.8 Å². The molecule has 0 aliphatic carbocycles. The second-order valence-electron chi connectivity index (χ2n) is 5.76. The summed E-state index contributed by atoms with van der Waals surface area (Å²) >= 11 is 0. The zero-order chi connectivity index (χ0) is 21.4. The molecule has 0 saturated carbocycles. The summed E-state index contributed by atoms with van der Waals surface area (Å²) in [6.45, 7) is 4.55. The number of anilines is 1. The molecule has 2 aromatic carbocycles. The van der Waals surface area contributed by atoms with Crippen LogP contribution in [-0.4, -0.2) is 45.3 Å². The molecule has 0 saturated heterocycles. The fourth-order valence-electron chi connectivity index (χ4n) is 2.57. The molecule has 0 fully saturated rings. The van der Waals surface area contributed by atoms with Crippen LogP contribution in [-0.2, 0) is 9.47 Å². The fraction of sp³-hybridized carbons (Fsp3) is 0.286. The van der Waals surface area contributed by atoms with Crippen LogP contribution in [0.4, 0.5) is 5.69 Å². The van der Waals surface area contributed by atoms with Crippen molar-refractivity contribution in [2.75, 3.05) is 32.8 Å². The molecule has 1 N–H and O–H groups in total. The summed E-state index contributed by atoms with van der Waals surface area (Å²) in [6.07, 6.45) is 0. The minimum absolute atomic E-state index is 0.104. The summed E-state index contributed by atoms with van der Waals surface area (Å²) in [5.41, 5.74) is 0.768. The Morgan fingerprint density at radius 3 is 1.83 bits per heavy atom. The third kappa shape index (κ3) is 5.47. The van der Waals surface area contributed by atoms with Crippen molar-refractivity contribution in [1.82, 2.24) is 0 Å². The van der Waals surface area contributed by atoms with Crippen LogP contribution >= 0.6 is 0 Å². The van der Waals surface area contributed by atoms with Crippen molar-refractivity contribution in [3.63, 3.8) is 0 Å². The van der Waals surface area contributed by atoms with Crippen LogP contribution in [0.25, 0.3) is 0 Å². The summed E-state index contributed by atoms with van der Waals surface area (Å²) in [5, 5.41) is 2.67. The van der Waals surface area contributed by atoms with Crippen molar-refractivity contribution in [2.45, 2.75) is 13.8 Å². The number of carbonyl (C=O) groups is 3. The van der Waals surface area contributed by atoms with Gasteiger partial charge in [0, 0.05) is 11.3 Å². The lowest BCUT2D eigenvalue weighted by Crippen LogP contribution is -2.14. The molecule has 0 unspecified atom stereocenters. The maximum atomic E-state index is 12.7. The van der Waals surface area contributed by atoms with E-state index in [0.29, 0.717) is 30.3 Å². The van der Waals surface area contributed by atoms with Gasteiger partial charge < -0.3 is 24.3 Å². The predicted octanol–water partition coefficient (Wildman–Crippen LogP) is 3.31. The van der Waals surface area contributed by atoms with Crippen LogP contribution in [0.3, 0.4) is 0 Å². The van der Waals surface area contributed by atoms with Crippen molar-refractivity contribution in [2.24, 2.45) is 0 Å². The average Bonchev–Trinajstić information content (AvgIpc) is 2.73. The normalized spacial score (nSPS) is 10.1. The van der Waals surface area contributed by atoms with Gasteiger partial charge in [0.25, 0.3) is 5.91 Å². The molecule has 29 heavy (non-hydrogen) atoms. The molecule has 8 nitrogen and oxygen atoms in total. The Hall–Kier alpha value is -3.55. The Morgan fingerprint density at radius 1 is 0.759 bits per heavy atom. The van der Waals surface area contributed by atoms with Gasteiger partial charge in [0.2, 0.25) is 0 Å². The number of benzene rings is 2. The molecule has 0 atom stereocenters. The van der Waals surface area contributed by atoms with Gasteiger partial charge in [-0.15, -0.1) is 0 Å². The molecule has 8 heteroatoms. The van der Waals surface area contributed by atoms with Crippen LogP contribution in [0.15, 0.2) is 36.4 Å². The Balaban J connectivity index is 2.35. The lowest BCUT2D eigenvalue weighted by Gasteiger charge is -2.13. The Labute approximate surface area is 168 Å². The molecular formula is C21H23NO7. The van der Waals surface area contributed by atoms with Crippen LogP contribution in [0.2, 0.25) is 0 Å². The van der Waals surface area contributed by atoms with Gasteiger partial charge in [-0.1, -0.05) is 0 Å². The predicted molar refractivity (Wildman–Crippen MR) is 106 cm³/mol. The van der Waals surface area contributed by atoms with Crippen molar-refractivity contribution < 1.29 is 33.3 Å². The van der Waals surface area contributed by atoms with E-state index < -0.39 is 17.8 Å². The molecule has 154 valence electrons. The minimum atomic E-state index is -0.647. The zero-order valence-corrected chi connectivity index (χ0v) is 16.7. The molecule has 1 amide bonds. The van der Waals surface area contributed by atoms with Crippen LogP contribution in [0, 0.1) is 0 Å². The number of hydrogen-bond acceptors (Lipinski definition) is 7. The van der Waals surface area contributed by atoms with E-state index in [1.165, 1.54) is 32.4 Å². The van der Waals surface area contributed by atoms with E-state index in [-0.39, 0.29) is 16.8 Å². The Bertz CT molecular complexity index is 874. The Kier molecular flexibility index (Phi) is 7.59. The number of nitrogens with one attached hydrogen (secondary N) is 1. The number of esters is 2. The monoisotopic (exact) mass is 401 g/mol. The lowest BCUT2D eigenvalue weighted by atomic mass is 10.1. The van der Waals surface area contributed by atoms with E-state index in [4.69, 9.17) is 18.9 Å². The molecule has 0 aromatic heterocycles. The minimum Gasteiger partial charge on any atom is -0.490 e. The molecule has 2 rings (SSSR count). The number of ether oxygens (including phenoxy) is 4. The number of hydrogen-bond donors (Lipinski definition) is 1. The van der Waals surface area contributed by atoms with E-state index >= 15 is 0 Å². The molecule has 0 heterocycles. The van der Waals surface area contributed by atoms with E-state index in [9.17, 15) is 14.4 Å². The number of amides is 1. The molecule has 0 radical (unpaired) electrons. The van der Waals surface area contributed by atoms with Crippen LogP contribution in [0.5, 0.6) is 11.5 Å². The van der Waals surface area contributed by atoms with Gasteiger partial charge in [-0.2, -0.15) is 0 Å². The second-order valence-corrected chi connectivity index (χ2v) is 5.76. The molecule has 0 bridgehead atoms. The van der Waals surface area contributed by atoms with E-state index in [0.717, 1.165) is 0 Å². The largest absolute Gasteiger partial charge is 0.490 e. The van der Waals surface area contributed by atoms with Crippen molar-refractivity contribution in [3.05, 3.63) is 53.1 Å². The highest BCUT2D eigenvalue weighted by molar-refractivity contribution is 6.06. The number of methoxy groups -OCH3 is 2. The first-order valence-electron chi connectivity index (χ1n) is 8.96. The summed E-state index contributed by atoms with van der Waals surface area (Å²) in [7, 11) is 2.45. The maximum Gasteiger partial charge on any atom is 0.337 e. The van der Waals surface area contributed by atoms with Gasteiger partial charge in [0.1, 0.15) is 0 Å². The van der Waals surface area contributed by atoms with Gasteiger partial charge in [-0.05, 0) is 50.2 Å². The fourth-order valence-corrected chi connectivity index (χ4v) is 2.57. The van der Waals surface area contributed by atoms with Crippen molar-refractivity contribution >= 4 is 23.5 Å². The number of rotatable bonds is 8. The maximum absolute atomic E-state index is 12.7. The van der Waals surface area contributed by atoms with Gasteiger partial charge in [0.05, 0.1) is 38.6 Å². The SMILES string of the molecule is CCOc1ccc(C(=O)Nc2cc(C(=O)OC)cc(C(=O)OC)c2)cc1OCC. The standard InChI is InChI=1S/C21H23NO7/c1-5-28-17-8-7-13(12-18(17)29-6-2)19(23)22-16-10-14(20(24)26-3)9-15(11-16)21(25)27-4/h7-12H,5-6H2,1-4H3,(H,22,23). The number of carbonyl (C=O) groups excluding carboxylic acids is 3. The van der Waals surface area contributed by atoms with Gasteiger partial charge in [0.15, 0.2) is 11.5 Å². The topological polar surface area (TPSA) is 100 Å². The molecule has 2 aromatic rings. The van der Waals surface area contributed by atoms with Crippen molar-refractivity contribution in [3.8, 4) is 11.5 Å². The lowest BCUT2D eigenvalue weighted by molar-refractivity contribution is 0.0599. The summed E-state index contributed by atoms with van der Waals surface area (Å²) in [5.74, 6) is -0.768. The first-order valence-corrected chi connectivity index (χ1v) is 8.96. The van der Waals surface area contributed by atoms with Crippen LogP contribution in [0.1, 0.15) is 44.9 Å². The summed E-state index contributed by atoms with van der Waals surface area (Å²) < 4.78 is 20.4. The summed E-state index contributed by atoms with van der Waals surface area (Å²) in [4.78, 5) is 36.5. The molecule has 0 aliphatic heterocycles. The molecule has 0 spiro atoms.